The number of halogens is 3. The molecule has 0 atom stereocenters. The number of carbonyl (C=O) groups is 1. The Morgan fingerprint density at radius 1 is 0.929 bits per heavy atom. The molecule has 218 valence electrons. The number of carbonyl (C=O) groups excluding carboxylic acids is 1. The number of nitrogens with one attached hydrogen (secondary N) is 3. The monoisotopic (exact) mass is 575 g/mol. The van der Waals surface area contributed by atoms with Gasteiger partial charge in [-0.1, -0.05) is 36.4 Å². The van der Waals surface area contributed by atoms with Crippen molar-refractivity contribution in [1.82, 2.24) is 20.5 Å². The van der Waals surface area contributed by atoms with Crippen LogP contribution in [0.1, 0.15) is 22.3 Å². The number of benzene rings is 3. The first-order valence-electron chi connectivity index (χ1n) is 13.7. The zero-order chi connectivity index (χ0) is 29.4. The predicted octanol–water partition coefficient (Wildman–Crippen LogP) is 6.07. The largest absolute Gasteiger partial charge is 0.489 e. The molecule has 3 N–H and O–H groups in total. The van der Waals surface area contributed by atoms with Gasteiger partial charge in [0.05, 0.1) is 5.56 Å². The molecule has 0 spiro atoms. The summed E-state index contributed by atoms with van der Waals surface area (Å²) in [5.41, 5.74) is 3.79. The summed E-state index contributed by atoms with van der Waals surface area (Å²) in [6, 6.07) is 21.6. The first-order chi connectivity index (χ1) is 20.3. The van der Waals surface area contributed by atoms with E-state index in [0.717, 1.165) is 48.9 Å². The van der Waals surface area contributed by atoms with Crippen LogP contribution in [0.3, 0.4) is 0 Å². The summed E-state index contributed by atoms with van der Waals surface area (Å²) in [5, 5.41) is 8.85. The molecule has 2 heterocycles. The van der Waals surface area contributed by atoms with Crippen LogP contribution < -0.4 is 20.7 Å². The molecule has 3 aromatic carbocycles. The summed E-state index contributed by atoms with van der Waals surface area (Å²) in [4.78, 5) is 18.6. The number of urea groups is 1. The number of nitrogens with zero attached hydrogens (tertiary/aromatic N) is 2. The molecule has 10 heteroatoms. The molecule has 2 amide bonds. The van der Waals surface area contributed by atoms with Crippen molar-refractivity contribution in [3.8, 4) is 16.9 Å². The maximum absolute atomic E-state index is 13.7. The lowest BCUT2D eigenvalue weighted by Crippen LogP contribution is -2.42. The van der Waals surface area contributed by atoms with E-state index in [4.69, 9.17) is 4.74 Å². The minimum Gasteiger partial charge on any atom is -0.489 e. The third kappa shape index (κ3) is 7.86. The van der Waals surface area contributed by atoms with Crippen LogP contribution in [-0.4, -0.2) is 42.1 Å². The smallest absolute Gasteiger partial charge is 0.416 e. The molecule has 42 heavy (non-hydrogen) atoms. The number of ether oxygens (including phenoxy) is 1. The predicted molar refractivity (Wildman–Crippen MR) is 156 cm³/mol. The van der Waals surface area contributed by atoms with Crippen molar-refractivity contribution in [2.75, 3.05) is 31.5 Å². The number of alkyl halides is 3. The maximum atomic E-state index is 13.7. The van der Waals surface area contributed by atoms with Crippen LogP contribution in [0.15, 0.2) is 91.3 Å². The average molecular weight is 576 g/mol. The number of anilines is 1. The van der Waals surface area contributed by atoms with Gasteiger partial charge in [0.1, 0.15) is 12.4 Å². The van der Waals surface area contributed by atoms with Gasteiger partial charge >= 0.3 is 12.2 Å². The highest BCUT2D eigenvalue weighted by molar-refractivity contribution is 5.89. The fourth-order valence-corrected chi connectivity index (χ4v) is 4.84. The van der Waals surface area contributed by atoms with Crippen molar-refractivity contribution in [3.63, 3.8) is 0 Å². The Labute approximate surface area is 242 Å². The Balaban J connectivity index is 1.29. The van der Waals surface area contributed by atoms with Crippen molar-refractivity contribution in [2.24, 2.45) is 0 Å². The van der Waals surface area contributed by atoms with Gasteiger partial charge in [0, 0.05) is 57.3 Å². The third-order valence-electron chi connectivity index (χ3n) is 7.03. The Bertz CT molecular complexity index is 1470. The van der Waals surface area contributed by atoms with Crippen LogP contribution in [0.2, 0.25) is 0 Å². The summed E-state index contributed by atoms with van der Waals surface area (Å²) in [6.07, 6.45) is -1.14. The lowest BCUT2D eigenvalue weighted by atomic mass is 9.93. The highest BCUT2D eigenvalue weighted by atomic mass is 19.4. The van der Waals surface area contributed by atoms with E-state index in [9.17, 15) is 18.0 Å². The molecule has 1 saturated heterocycles. The number of pyridine rings is 1. The van der Waals surface area contributed by atoms with E-state index in [0.29, 0.717) is 35.7 Å². The first kappa shape index (κ1) is 29.1. The average Bonchev–Trinajstić information content (AvgIpc) is 3.00. The molecule has 4 aromatic rings. The zero-order valence-corrected chi connectivity index (χ0v) is 23.0. The van der Waals surface area contributed by atoms with Gasteiger partial charge in [-0.25, -0.2) is 4.79 Å². The van der Waals surface area contributed by atoms with Gasteiger partial charge in [0.2, 0.25) is 0 Å². The fourth-order valence-electron chi connectivity index (χ4n) is 4.84. The van der Waals surface area contributed by atoms with Crippen LogP contribution in [0, 0.1) is 0 Å². The number of piperazine rings is 1. The van der Waals surface area contributed by atoms with Gasteiger partial charge in [-0.15, -0.1) is 0 Å². The minimum absolute atomic E-state index is 0.0560. The number of hydrogen-bond donors (Lipinski definition) is 3. The molecule has 1 aliphatic rings. The van der Waals surface area contributed by atoms with E-state index in [1.807, 2.05) is 30.3 Å². The number of amides is 2. The maximum Gasteiger partial charge on any atom is 0.416 e. The van der Waals surface area contributed by atoms with Crippen LogP contribution in [0.5, 0.6) is 5.75 Å². The number of aromatic nitrogens is 1. The standard InChI is InChI=1S/C32H32F3N5O2/c33-32(34,35)26-7-12-30(29-6-2-1-5-24(29)21-40-16-14-36-15-17-40)25(18-26)22-42-28-10-8-27(9-11-28)39-31(41)38-20-23-4-3-13-37-19-23/h1-13,18-19,36H,14-17,20-22H2,(H2,38,39,41). The Morgan fingerprint density at radius 2 is 1.69 bits per heavy atom. The second-order valence-electron chi connectivity index (χ2n) is 10.0. The van der Waals surface area contributed by atoms with Crippen molar-refractivity contribution in [3.05, 3.63) is 114 Å². The first-order valence-corrected chi connectivity index (χ1v) is 13.7. The summed E-state index contributed by atoms with van der Waals surface area (Å²) < 4.78 is 46.9. The molecule has 1 aromatic heterocycles. The van der Waals surface area contributed by atoms with Crippen molar-refractivity contribution in [1.29, 1.82) is 0 Å². The molecule has 0 radical (unpaired) electrons. The normalized spacial score (nSPS) is 13.9. The van der Waals surface area contributed by atoms with Gasteiger partial charge < -0.3 is 20.7 Å². The summed E-state index contributed by atoms with van der Waals surface area (Å²) >= 11 is 0. The van der Waals surface area contributed by atoms with Crippen LogP contribution in [-0.2, 0) is 25.9 Å². The van der Waals surface area contributed by atoms with Gasteiger partial charge in [0.15, 0.2) is 0 Å². The topological polar surface area (TPSA) is 78.5 Å². The molecule has 0 aliphatic carbocycles. The van der Waals surface area contributed by atoms with E-state index < -0.39 is 11.7 Å². The number of hydrogen-bond acceptors (Lipinski definition) is 5. The van der Waals surface area contributed by atoms with E-state index in [-0.39, 0.29) is 12.6 Å². The second kappa shape index (κ2) is 13.5. The van der Waals surface area contributed by atoms with E-state index in [2.05, 4.69) is 25.8 Å². The summed E-state index contributed by atoms with van der Waals surface area (Å²) in [5.74, 6) is 0.466. The van der Waals surface area contributed by atoms with Gasteiger partial charge in [0.25, 0.3) is 0 Å². The van der Waals surface area contributed by atoms with Gasteiger partial charge in [-0.05, 0) is 70.3 Å². The van der Waals surface area contributed by atoms with Crippen LogP contribution in [0.25, 0.3) is 11.1 Å². The zero-order valence-electron chi connectivity index (χ0n) is 23.0. The van der Waals surface area contributed by atoms with Crippen LogP contribution in [0.4, 0.5) is 23.7 Å². The van der Waals surface area contributed by atoms with E-state index >= 15 is 0 Å². The van der Waals surface area contributed by atoms with Crippen molar-refractivity contribution >= 4 is 11.7 Å². The lowest BCUT2D eigenvalue weighted by molar-refractivity contribution is -0.137. The molecule has 5 rings (SSSR count). The Morgan fingerprint density at radius 3 is 2.43 bits per heavy atom. The minimum atomic E-state index is -4.47. The molecule has 1 aliphatic heterocycles. The quantitative estimate of drug-likeness (QED) is 0.226. The van der Waals surface area contributed by atoms with E-state index in [1.165, 1.54) is 12.1 Å². The molecule has 0 unspecified atom stereocenters. The summed E-state index contributed by atoms with van der Waals surface area (Å²) in [7, 11) is 0. The molecule has 1 fully saturated rings. The SMILES string of the molecule is O=C(NCc1cccnc1)Nc1ccc(OCc2cc(C(F)(F)F)ccc2-c2ccccc2CN2CCNCC2)cc1. The third-order valence-corrected chi connectivity index (χ3v) is 7.03. The number of rotatable bonds is 9. The van der Waals surface area contributed by atoms with Crippen LogP contribution >= 0.6 is 0 Å². The second-order valence-corrected chi connectivity index (χ2v) is 10.0. The Kier molecular flexibility index (Phi) is 9.35. The summed E-state index contributed by atoms with van der Waals surface area (Å²) in [6.45, 7) is 4.63. The van der Waals surface area contributed by atoms with E-state index in [1.54, 1.807) is 42.7 Å². The van der Waals surface area contributed by atoms with Gasteiger partial charge in [-0.2, -0.15) is 13.2 Å². The molecular formula is C32H32F3N5O2. The van der Waals surface area contributed by atoms with Gasteiger partial charge in [-0.3, -0.25) is 9.88 Å². The highest BCUT2D eigenvalue weighted by Gasteiger charge is 2.31. The van der Waals surface area contributed by atoms with Crippen molar-refractivity contribution < 1.29 is 22.7 Å². The Hall–Kier alpha value is -4.41. The molecule has 0 saturated carbocycles. The van der Waals surface area contributed by atoms with Crippen molar-refractivity contribution in [2.45, 2.75) is 25.9 Å². The fraction of sp³-hybridized carbons (Fsp3) is 0.250. The lowest BCUT2D eigenvalue weighted by Gasteiger charge is -2.28. The molecule has 7 nitrogen and oxygen atoms in total. The molecular weight excluding hydrogens is 543 g/mol. The highest BCUT2D eigenvalue weighted by Crippen LogP contribution is 2.35. The molecule has 0 bridgehead atoms.